The summed E-state index contributed by atoms with van der Waals surface area (Å²) in [6.07, 6.45) is -0.423. The molecule has 0 spiro atoms. The molecule has 64 valence electrons. The summed E-state index contributed by atoms with van der Waals surface area (Å²) >= 11 is 0. The smallest absolute Gasteiger partial charge is 0.264 e. The normalized spacial score (nSPS) is 15.5. The van der Waals surface area contributed by atoms with Crippen LogP contribution in [0, 0.1) is 0 Å². The van der Waals surface area contributed by atoms with Crippen LogP contribution in [0.3, 0.4) is 0 Å². The van der Waals surface area contributed by atoms with Crippen molar-refractivity contribution in [1.29, 1.82) is 0 Å². The standard InChI is InChI=1S/C5H11N3O3/c6-3(9)1-2-5(8,11)4(7)10/h11H,1-2,8H2,(H2,6,9)(H2,7,10). The molecule has 2 amide bonds. The molecule has 7 N–H and O–H groups in total. The summed E-state index contributed by atoms with van der Waals surface area (Å²) in [6, 6.07) is 0. The molecule has 0 fully saturated rings. The maximum absolute atomic E-state index is 10.3. The van der Waals surface area contributed by atoms with Crippen molar-refractivity contribution in [3.63, 3.8) is 0 Å². The van der Waals surface area contributed by atoms with Crippen LogP contribution in [0.2, 0.25) is 0 Å². The Morgan fingerprint density at radius 1 is 1.36 bits per heavy atom. The van der Waals surface area contributed by atoms with Crippen molar-refractivity contribution >= 4 is 11.8 Å². The quantitative estimate of drug-likeness (QED) is 0.336. The molecule has 0 saturated carbocycles. The average molecular weight is 161 g/mol. The molecule has 6 nitrogen and oxygen atoms in total. The van der Waals surface area contributed by atoms with Crippen LogP contribution in [0.1, 0.15) is 12.8 Å². The molecular weight excluding hydrogens is 150 g/mol. The van der Waals surface area contributed by atoms with Gasteiger partial charge in [-0.3, -0.25) is 15.3 Å². The van der Waals surface area contributed by atoms with Crippen molar-refractivity contribution in [3.05, 3.63) is 0 Å². The Labute approximate surface area is 63.3 Å². The first kappa shape index (κ1) is 9.86. The van der Waals surface area contributed by atoms with Gasteiger partial charge in [-0.1, -0.05) is 0 Å². The monoisotopic (exact) mass is 161 g/mol. The largest absolute Gasteiger partial charge is 0.370 e. The summed E-state index contributed by atoms with van der Waals surface area (Å²) in [5.41, 5.74) is 12.3. The van der Waals surface area contributed by atoms with Crippen LogP contribution in [0.5, 0.6) is 0 Å². The second-order valence-electron chi connectivity index (χ2n) is 2.25. The molecule has 0 rings (SSSR count). The van der Waals surface area contributed by atoms with E-state index in [1.165, 1.54) is 0 Å². The summed E-state index contributed by atoms with van der Waals surface area (Å²) in [7, 11) is 0. The lowest BCUT2D eigenvalue weighted by atomic mass is 10.1. The third-order valence-corrected chi connectivity index (χ3v) is 1.18. The summed E-state index contributed by atoms with van der Waals surface area (Å²) in [4.78, 5) is 20.5. The molecule has 0 aliphatic carbocycles. The second-order valence-corrected chi connectivity index (χ2v) is 2.25. The molecule has 0 aliphatic rings. The van der Waals surface area contributed by atoms with Gasteiger partial charge in [0.15, 0.2) is 5.72 Å². The Bertz CT molecular complexity index is 178. The summed E-state index contributed by atoms with van der Waals surface area (Å²) in [6.45, 7) is 0. The lowest BCUT2D eigenvalue weighted by Gasteiger charge is -2.17. The SMILES string of the molecule is NC(=O)CCC(N)(O)C(N)=O. The highest BCUT2D eigenvalue weighted by atomic mass is 16.3. The maximum atomic E-state index is 10.3. The van der Waals surface area contributed by atoms with Crippen LogP contribution >= 0.6 is 0 Å². The molecule has 0 aliphatic heterocycles. The molecule has 0 heterocycles. The van der Waals surface area contributed by atoms with Gasteiger partial charge in [0.1, 0.15) is 0 Å². The fourth-order valence-corrected chi connectivity index (χ4v) is 0.437. The number of rotatable bonds is 4. The van der Waals surface area contributed by atoms with Crippen LogP contribution in [0.15, 0.2) is 0 Å². The number of carbonyl (C=O) groups is 2. The number of aliphatic hydroxyl groups is 1. The van der Waals surface area contributed by atoms with E-state index in [0.29, 0.717) is 0 Å². The Morgan fingerprint density at radius 3 is 2.09 bits per heavy atom. The number of hydrogen-bond donors (Lipinski definition) is 4. The van der Waals surface area contributed by atoms with Crippen molar-refractivity contribution in [2.24, 2.45) is 17.2 Å². The number of hydrogen-bond acceptors (Lipinski definition) is 4. The van der Waals surface area contributed by atoms with E-state index in [2.05, 4.69) is 0 Å². The predicted octanol–water partition coefficient (Wildman–Crippen LogP) is -2.62. The van der Waals surface area contributed by atoms with Gasteiger partial charge in [-0.2, -0.15) is 0 Å². The van der Waals surface area contributed by atoms with Crippen LogP contribution < -0.4 is 17.2 Å². The molecule has 0 radical (unpaired) electrons. The molecule has 0 aromatic heterocycles. The zero-order valence-corrected chi connectivity index (χ0v) is 5.91. The van der Waals surface area contributed by atoms with Crippen LogP contribution in [0.25, 0.3) is 0 Å². The predicted molar refractivity (Wildman–Crippen MR) is 36.8 cm³/mol. The van der Waals surface area contributed by atoms with E-state index in [1.807, 2.05) is 0 Å². The van der Waals surface area contributed by atoms with Gasteiger partial charge in [0, 0.05) is 12.8 Å². The third kappa shape index (κ3) is 3.54. The molecule has 11 heavy (non-hydrogen) atoms. The Balaban J connectivity index is 3.92. The van der Waals surface area contributed by atoms with E-state index in [4.69, 9.17) is 22.3 Å². The van der Waals surface area contributed by atoms with Crippen molar-refractivity contribution in [1.82, 2.24) is 0 Å². The van der Waals surface area contributed by atoms with Crippen LogP contribution in [-0.4, -0.2) is 22.6 Å². The van der Waals surface area contributed by atoms with Crippen molar-refractivity contribution in [3.8, 4) is 0 Å². The van der Waals surface area contributed by atoms with E-state index in [-0.39, 0.29) is 12.8 Å². The molecule has 1 unspecified atom stereocenters. The van der Waals surface area contributed by atoms with Gasteiger partial charge >= 0.3 is 0 Å². The first-order chi connectivity index (χ1) is 4.86. The zero-order chi connectivity index (χ0) is 9.07. The first-order valence-corrected chi connectivity index (χ1v) is 2.95. The van der Waals surface area contributed by atoms with E-state index in [0.717, 1.165) is 0 Å². The first-order valence-electron chi connectivity index (χ1n) is 2.95. The summed E-state index contributed by atoms with van der Waals surface area (Å²) in [5.74, 6) is -1.71. The third-order valence-electron chi connectivity index (χ3n) is 1.18. The van der Waals surface area contributed by atoms with Gasteiger partial charge in [0.05, 0.1) is 0 Å². The molecule has 0 aromatic rings. The second kappa shape index (κ2) is 3.31. The summed E-state index contributed by atoms with van der Waals surface area (Å²) < 4.78 is 0. The molecule has 0 saturated heterocycles. The minimum Gasteiger partial charge on any atom is -0.370 e. The number of amides is 2. The minimum absolute atomic E-state index is 0.171. The van der Waals surface area contributed by atoms with E-state index >= 15 is 0 Å². The van der Waals surface area contributed by atoms with Crippen molar-refractivity contribution < 1.29 is 14.7 Å². The van der Waals surface area contributed by atoms with E-state index in [1.54, 1.807) is 0 Å². The highest BCUT2D eigenvalue weighted by Gasteiger charge is 2.28. The average Bonchev–Trinajstić information content (AvgIpc) is 1.84. The van der Waals surface area contributed by atoms with E-state index < -0.39 is 17.5 Å². The van der Waals surface area contributed by atoms with Gasteiger partial charge in [-0.25, -0.2) is 0 Å². The van der Waals surface area contributed by atoms with Crippen molar-refractivity contribution in [2.45, 2.75) is 18.6 Å². The van der Waals surface area contributed by atoms with E-state index in [9.17, 15) is 9.59 Å². The highest BCUT2D eigenvalue weighted by molar-refractivity contribution is 5.83. The highest BCUT2D eigenvalue weighted by Crippen LogP contribution is 2.03. The van der Waals surface area contributed by atoms with Crippen LogP contribution in [0.4, 0.5) is 0 Å². The molecule has 0 bridgehead atoms. The lowest BCUT2D eigenvalue weighted by Crippen LogP contribution is -2.52. The van der Waals surface area contributed by atoms with Gasteiger partial charge in [0.25, 0.3) is 5.91 Å². The minimum atomic E-state index is -2.13. The maximum Gasteiger partial charge on any atom is 0.264 e. The lowest BCUT2D eigenvalue weighted by molar-refractivity contribution is -0.137. The summed E-state index contributed by atoms with van der Waals surface area (Å²) in [5, 5.41) is 8.94. The van der Waals surface area contributed by atoms with Gasteiger partial charge in [-0.05, 0) is 0 Å². The van der Waals surface area contributed by atoms with Crippen molar-refractivity contribution in [2.75, 3.05) is 0 Å². The Hall–Kier alpha value is -1.14. The van der Waals surface area contributed by atoms with Gasteiger partial charge in [0.2, 0.25) is 5.91 Å². The van der Waals surface area contributed by atoms with Gasteiger partial charge in [-0.15, -0.1) is 0 Å². The fraction of sp³-hybridized carbons (Fsp3) is 0.600. The number of nitrogens with two attached hydrogens (primary N) is 3. The molecular formula is C5H11N3O3. The Kier molecular flexibility index (Phi) is 2.97. The zero-order valence-electron chi connectivity index (χ0n) is 5.91. The Morgan fingerprint density at radius 2 is 1.82 bits per heavy atom. The fourth-order valence-electron chi connectivity index (χ4n) is 0.437. The topological polar surface area (TPSA) is 132 Å². The number of carbonyl (C=O) groups excluding carboxylic acids is 2. The molecule has 6 heteroatoms. The number of primary amides is 2. The van der Waals surface area contributed by atoms with Gasteiger partial charge < -0.3 is 16.6 Å². The molecule has 0 aromatic carbocycles. The van der Waals surface area contributed by atoms with Crippen LogP contribution in [-0.2, 0) is 9.59 Å². The molecule has 1 atom stereocenters.